The van der Waals surface area contributed by atoms with Gasteiger partial charge in [-0.25, -0.2) is 9.69 Å². The van der Waals surface area contributed by atoms with Crippen molar-refractivity contribution >= 4 is 46.0 Å². The van der Waals surface area contributed by atoms with Gasteiger partial charge in [-0.3, -0.25) is 9.59 Å². The van der Waals surface area contributed by atoms with E-state index in [0.717, 1.165) is 33.5 Å². The minimum atomic E-state index is -1.16. The van der Waals surface area contributed by atoms with E-state index < -0.39 is 5.54 Å². The standard InChI is InChI=1S/C29H25ClN4O4/c1-29-25-21(22-15-20(38-2)11-12-24(22)32-25)13-14-33(29)28(37)34(27(29)36)19-9-7-17(8-10-19)26(35)31-16-18-5-3-4-6-23(18)30/h3-12,15,32H,13-14,16H2,1-2H3,(H,31,35)/t29-/m0/s1. The number of hydrogen-bond donors (Lipinski definition) is 2. The molecule has 3 aromatic carbocycles. The number of aromatic nitrogens is 1. The van der Waals surface area contributed by atoms with Crippen molar-refractivity contribution < 1.29 is 19.1 Å². The van der Waals surface area contributed by atoms with Crippen LogP contribution >= 0.6 is 11.6 Å². The van der Waals surface area contributed by atoms with Gasteiger partial charge in [0.25, 0.3) is 11.8 Å². The molecule has 9 heteroatoms. The van der Waals surface area contributed by atoms with E-state index in [2.05, 4.69) is 10.3 Å². The second-order valence-electron chi connectivity index (χ2n) is 9.61. The lowest BCUT2D eigenvalue weighted by Gasteiger charge is -2.35. The maximum atomic E-state index is 13.9. The Hall–Kier alpha value is -4.30. The van der Waals surface area contributed by atoms with Gasteiger partial charge in [-0.2, -0.15) is 0 Å². The first-order valence-electron chi connectivity index (χ1n) is 12.3. The van der Waals surface area contributed by atoms with E-state index in [1.165, 1.54) is 4.90 Å². The summed E-state index contributed by atoms with van der Waals surface area (Å²) in [5, 5.41) is 4.42. The van der Waals surface area contributed by atoms with Crippen molar-refractivity contribution in [2.75, 3.05) is 18.6 Å². The number of hydrogen-bond acceptors (Lipinski definition) is 4. The maximum Gasteiger partial charge on any atom is 0.332 e. The van der Waals surface area contributed by atoms with Crippen LogP contribution in [0.15, 0.2) is 66.7 Å². The zero-order chi connectivity index (χ0) is 26.6. The molecule has 0 aliphatic carbocycles. The summed E-state index contributed by atoms with van der Waals surface area (Å²) in [5.74, 6) is 0.120. The Morgan fingerprint density at radius 2 is 1.87 bits per heavy atom. The topological polar surface area (TPSA) is 94.7 Å². The third-order valence-electron chi connectivity index (χ3n) is 7.55. The first-order chi connectivity index (χ1) is 18.3. The molecule has 0 radical (unpaired) electrons. The van der Waals surface area contributed by atoms with Gasteiger partial charge in [0.15, 0.2) is 5.54 Å². The molecular formula is C29H25ClN4O4. The van der Waals surface area contributed by atoms with Crippen LogP contribution in [0.2, 0.25) is 5.02 Å². The summed E-state index contributed by atoms with van der Waals surface area (Å²) >= 11 is 6.17. The highest BCUT2D eigenvalue weighted by atomic mass is 35.5. The fourth-order valence-electron chi connectivity index (χ4n) is 5.45. The number of rotatable bonds is 5. The number of H-pyrrole nitrogens is 1. The number of methoxy groups -OCH3 is 1. The molecule has 0 unspecified atom stereocenters. The number of ether oxygens (including phenoxy) is 1. The van der Waals surface area contributed by atoms with Crippen LogP contribution in [-0.2, 0) is 23.3 Å². The van der Waals surface area contributed by atoms with Gasteiger partial charge in [0.2, 0.25) is 0 Å². The summed E-state index contributed by atoms with van der Waals surface area (Å²) in [6.07, 6.45) is 0.621. The van der Waals surface area contributed by atoms with E-state index in [0.29, 0.717) is 29.2 Å². The maximum absolute atomic E-state index is 13.9. The lowest BCUT2D eigenvalue weighted by molar-refractivity contribution is -0.125. The van der Waals surface area contributed by atoms with Gasteiger partial charge in [0.1, 0.15) is 5.75 Å². The molecule has 2 N–H and O–H groups in total. The Labute approximate surface area is 224 Å². The van der Waals surface area contributed by atoms with Gasteiger partial charge < -0.3 is 19.9 Å². The molecule has 4 aromatic rings. The van der Waals surface area contributed by atoms with E-state index in [1.54, 1.807) is 49.3 Å². The average molecular weight is 529 g/mol. The number of imide groups is 1. The molecule has 0 bridgehead atoms. The third-order valence-corrected chi connectivity index (χ3v) is 7.92. The number of nitrogens with one attached hydrogen (secondary N) is 2. The predicted molar refractivity (Wildman–Crippen MR) is 145 cm³/mol. The van der Waals surface area contributed by atoms with Gasteiger partial charge in [-0.15, -0.1) is 0 Å². The number of amides is 4. The predicted octanol–water partition coefficient (Wildman–Crippen LogP) is 5.00. The lowest BCUT2D eigenvalue weighted by Crippen LogP contribution is -2.49. The first-order valence-corrected chi connectivity index (χ1v) is 12.7. The molecule has 4 amide bonds. The largest absolute Gasteiger partial charge is 0.497 e. The highest BCUT2D eigenvalue weighted by Crippen LogP contribution is 2.45. The molecule has 1 saturated heterocycles. The van der Waals surface area contributed by atoms with Crippen molar-refractivity contribution in [2.45, 2.75) is 25.4 Å². The zero-order valence-electron chi connectivity index (χ0n) is 20.9. The zero-order valence-corrected chi connectivity index (χ0v) is 21.6. The number of nitrogens with zero attached hydrogens (tertiary/aromatic N) is 2. The first kappa shape index (κ1) is 24.1. The smallest absolute Gasteiger partial charge is 0.332 e. The summed E-state index contributed by atoms with van der Waals surface area (Å²) in [6.45, 7) is 2.49. The van der Waals surface area contributed by atoms with E-state index >= 15 is 0 Å². The van der Waals surface area contributed by atoms with E-state index in [9.17, 15) is 14.4 Å². The highest BCUT2D eigenvalue weighted by Gasteiger charge is 2.59. The fraction of sp³-hybridized carbons (Fsp3) is 0.207. The molecule has 6 rings (SSSR count). The summed E-state index contributed by atoms with van der Waals surface area (Å²) in [5.41, 5.74) is 3.11. The van der Waals surface area contributed by atoms with Crippen LogP contribution in [0.4, 0.5) is 10.5 Å². The molecule has 1 atom stereocenters. The normalized spacial score (nSPS) is 18.5. The van der Waals surface area contributed by atoms with Crippen molar-refractivity contribution in [1.82, 2.24) is 15.2 Å². The summed E-state index contributed by atoms with van der Waals surface area (Å²) < 4.78 is 5.39. The minimum absolute atomic E-state index is 0.280. The number of anilines is 1. The SMILES string of the molecule is COc1ccc2[nH]c3c(c2c1)CCN1C(=O)N(c2ccc(C(=O)NCc4ccccc4Cl)cc2)C(=O)[C@]31C. The molecule has 192 valence electrons. The van der Waals surface area contributed by atoms with Gasteiger partial charge in [-0.1, -0.05) is 29.8 Å². The van der Waals surface area contributed by atoms with Crippen LogP contribution in [0.3, 0.4) is 0 Å². The number of urea groups is 1. The summed E-state index contributed by atoms with van der Waals surface area (Å²) in [6, 6.07) is 19.1. The van der Waals surface area contributed by atoms with Crippen LogP contribution in [0.1, 0.15) is 34.1 Å². The van der Waals surface area contributed by atoms with Crippen molar-refractivity contribution in [3.8, 4) is 5.75 Å². The van der Waals surface area contributed by atoms with Crippen LogP contribution in [0, 0.1) is 0 Å². The van der Waals surface area contributed by atoms with Gasteiger partial charge in [-0.05, 0) is 73.0 Å². The van der Waals surface area contributed by atoms with E-state index in [1.807, 2.05) is 36.4 Å². The average Bonchev–Trinajstić information content (AvgIpc) is 3.40. The van der Waals surface area contributed by atoms with Gasteiger partial charge >= 0.3 is 6.03 Å². The molecule has 38 heavy (non-hydrogen) atoms. The number of benzene rings is 3. The summed E-state index contributed by atoms with van der Waals surface area (Å²) in [4.78, 5) is 46.3. The number of carbonyl (C=O) groups excluding carboxylic acids is 3. The van der Waals surface area contributed by atoms with Crippen molar-refractivity contribution in [1.29, 1.82) is 0 Å². The molecular weight excluding hydrogens is 504 g/mol. The van der Waals surface area contributed by atoms with Crippen LogP contribution in [0.5, 0.6) is 5.75 Å². The minimum Gasteiger partial charge on any atom is -0.497 e. The molecule has 1 fully saturated rings. The Morgan fingerprint density at radius 3 is 2.61 bits per heavy atom. The van der Waals surface area contributed by atoms with Crippen LogP contribution < -0.4 is 15.0 Å². The third kappa shape index (κ3) is 3.55. The second kappa shape index (κ2) is 8.92. The van der Waals surface area contributed by atoms with Crippen LogP contribution in [0.25, 0.3) is 10.9 Å². The number of carbonyl (C=O) groups is 3. The van der Waals surface area contributed by atoms with Crippen molar-refractivity contribution in [2.24, 2.45) is 0 Å². The van der Waals surface area contributed by atoms with Crippen LogP contribution in [-0.4, -0.2) is 41.4 Å². The van der Waals surface area contributed by atoms with Crippen molar-refractivity contribution in [3.05, 3.63) is 94.1 Å². The highest BCUT2D eigenvalue weighted by molar-refractivity contribution is 6.31. The van der Waals surface area contributed by atoms with Crippen molar-refractivity contribution in [3.63, 3.8) is 0 Å². The Balaban J connectivity index is 1.27. The Bertz CT molecular complexity index is 1610. The second-order valence-corrected chi connectivity index (χ2v) is 10.0. The number of halogens is 1. The van der Waals surface area contributed by atoms with E-state index in [4.69, 9.17) is 16.3 Å². The monoisotopic (exact) mass is 528 g/mol. The quantitative estimate of drug-likeness (QED) is 0.356. The molecule has 2 aliphatic heterocycles. The summed E-state index contributed by atoms with van der Waals surface area (Å²) in [7, 11) is 1.62. The lowest BCUT2D eigenvalue weighted by atomic mass is 9.87. The van der Waals surface area contributed by atoms with Gasteiger partial charge in [0, 0.05) is 34.6 Å². The molecule has 0 spiro atoms. The van der Waals surface area contributed by atoms with E-state index in [-0.39, 0.29) is 24.4 Å². The van der Waals surface area contributed by atoms with Gasteiger partial charge in [0.05, 0.1) is 18.5 Å². The molecule has 2 aliphatic rings. The Kier molecular flexibility index (Phi) is 5.65. The fourth-order valence-corrected chi connectivity index (χ4v) is 5.66. The Morgan fingerprint density at radius 1 is 1.11 bits per heavy atom. The molecule has 3 heterocycles. The molecule has 1 aromatic heterocycles. The number of aromatic amines is 1. The molecule has 8 nitrogen and oxygen atoms in total. The number of fused-ring (bicyclic) bond motifs is 5. The molecule has 0 saturated carbocycles.